The Morgan fingerprint density at radius 3 is 0.722 bits per heavy atom. The zero-order valence-corrected chi connectivity index (χ0v) is 14.9. The van der Waals surface area contributed by atoms with Crippen LogP contribution in [-0.4, -0.2) is 29.9 Å². The molecule has 0 unspecified atom stereocenters. The molecule has 1 aliphatic heterocycles. The average Bonchev–Trinajstić information content (AvgIpc) is 2.13. The first kappa shape index (κ1) is 18.5. The molecule has 0 aromatic carbocycles. The van der Waals surface area contributed by atoms with Gasteiger partial charge in [0.25, 0.3) is 0 Å². The molecule has 0 aliphatic carbocycles. The van der Waals surface area contributed by atoms with Gasteiger partial charge in [0.15, 0.2) is 0 Å². The molecule has 0 bridgehead atoms. The molecule has 0 spiro atoms. The summed E-state index contributed by atoms with van der Waals surface area (Å²) in [6, 6.07) is 0. The molecule has 1 aliphatic rings. The Balaban J connectivity index is 2.93. The van der Waals surface area contributed by atoms with Crippen LogP contribution in [0.4, 0.5) is 0 Å². The topological polar surface area (TPSA) is 36.1 Å². The first-order valence-corrected chi connectivity index (χ1v) is 7.70. The second kappa shape index (κ2) is 6.31. The van der Waals surface area contributed by atoms with Crippen LogP contribution in [-0.2, 0) is 0 Å². The number of halogens is 9. The molecule has 0 saturated carbocycles. The molecule has 3 nitrogen and oxygen atoms in total. The van der Waals surface area contributed by atoms with Crippen LogP contribution in [0.1, 0.15) is 0 Å². The van der Waals surface area contributed by atoms with Gasteiger partial charge in [0.2, 0.25) is 11.4 Å². The molecule has 18 heavy (non-hydrogen) atoms. The van der Waals surface area contributed by atoms with Gasteiger partial charge in [0, 0.05) is 0 Å². The fourth-order valence-corrected chi connectivity index (χ4v) is 2.35. The van der Waals surface area contributed by atoms with Crippen molar-refractivity contribution in [2.24, 2.45) is 0 Å². The monoisotopic (exact) mass is 435 g/mol. The van der Waals surface area contributed by atoms with Crippen molar-refractivity contribution in [3.8, 4) is 0 Å². The molecule has 3 N–H and O–H groups in total. The summed E-state index contributed by atoms with van der Waals surface area (Å²) < 4.78 is -5.20. The molecule has 108 valence electrons. The molecule has 1 heterocycles. The van der Waals surface area contributed by atoms with E-state index in [2.05, 4.69) is 16.0 Å². The van der Waals surface area contributed by atoms with E-state index >= 15 is 0 Å². The van der Waals surface area contributed by atoms with Crippen LogP contribution in [0, 0.1) is 0 Å². The third kappa shape index (κ3) is 5.36. The largest absolute Gasteiger partial charge is 0.279 e. The molecule has 1 saturated heterocycles. The predicted octanol–water partition coefficient (Wildman–Crippen LogP) is 3.86. The van der Waals surface area contributed by atoms with Crippen LogP contribution in [0.15, 0.2) is 0 Å². The van der Waals surface area contributed by atoms with E-state index in [1.54, 1.807) is 0 Å². The minimum Gasteiger partial charge on any atom is -0.279 e. The van der Waals surface area contributed by atoms with Crippen molar-refractivity contribution in [2.75, 3.05) is 0 Å². The van der Waals surface area contributed by atoms with Crippen LogP contribution < -0.4 is 16.0 Å². The number of nitrogens with one attached hydrogen (secondary N) is 3. The second-order valence-electron chi connectivity index (χ2n) is 3.42. The zero-order valence-electron chi connectivity index (χ0n) is 8.13. The van der Waals surface area contributed by atoms with Gasteiger partial charge >= 0.3 is 0 Å². The van der Waals surface area contributed by atoms with E-state index in [1.807, 2.05) is 0 Å². The minimum absolute atomic E-state index is 0.884. The molecule has 0 aromatic rings. The molecular formula is C6H6Cl9N3. The van der Waals surface area contributed by atoms with E-state index in [-0.39, 0.29) is 0 Å². The molecule has 1 rings (SSSR count). The molecule has 12 heteroatoms. The van der Waals surface area contributed by atoms with Gasteiger partial charge in [-0.3, -0.25) is 16.0 Å². The number of hydrogen-bond donors (Lipinski definition) is 3. The highest BCUT2D eigenvalue weighted by Gasteiger charge is 2.49. The Hall–Kier alpha value is 2.49. The molecule has 0 radical (unpaired) electrons. The second-order valence-corrected chi connectivity index (χ2v) is 10.5. The summed E-state index contributed by atoms with van der Waals surface area (Å²) >= 11 is 51.9. The predicted molar refractivity (Wildman–Crippen MR) is 81.6 cm³/mol. The van der Waals surface area contributed by atoms with Crippen LogP contribution in [0.3, 0.4) is 0 Å². The molecule has 1 fully saturated rings. The van der Waals surface area contributed by atoms with Crippen molar-refractivity contribution in [2.45, 2.75) is 29.9 Å². The smallest absolute Gasteiger partial charge is 0.218 e. The standard InChI is InChI=1S/C6H6Cl9N3/c7-4(8,9)1-16-2(5(10,11)12)18-3(17-1)6(13,14)15/h1-3,16-18H. The van der Waals surface area contributed by atoms with E-state index < -0.39 is 29.9 Å². The molecule has 0 aromatic heterocycles. The lowest BCUT2D eigenvalue weighted by Crippen LogP contribution is -2.75. The summed E-state index contributed by atoms with van der Waals surface area (Å²) in [5.41, 5.74) is 0. The minimum atomic E-state index is -1.73. The summed E-state index contributed by atoms with van der Waals surface area (Å²) in [6.45, 7) is 0. The Morgan fingerprint density at radius 1 is 0.444 bits per heavy atom. The maximum Gasteiger partial charge on any atom is 0.218 e. The van der Waals surface area contributed by atoms with Crippen molar-refractivity contribution in [1.82, 2.24) is 16.0 Å². The fraction of sp³-hybridized carbons (Fsp3) is 1.00. The van der Waals surface area contributed by atoms with Gasteiger partial charge in [-0.25, -0.2) is 0 Å². The van der Waals surface area contributed by atoms with Gasteiger partial charge in [0.05, 0.1) is 0 Å². The normalized spacial score (nSPS) is 31.5. The Morgan fingerprint density at radius 2 is 0.611 bits per heavy atom. The third-order valence-electron chi connectivity index (χ3n) is 1.98. The Kier molecular flexibility index (Phi) is 6.50. The molecular weight excluding hydrogens is 433 g/mol. The summed E-state index contributed by atoms with van der Waals surface area (Å²) in [6.07, 6.45) is -2.65. The molecule has 0 atom stereocenters. The van der Waals surface area contributed by atoms with Crippen molar-refractivity contribution < 1.29 is 0 Å². The first-order valence-electron chi connectivity index (χ1n) is 4.30. The van der Waals surface area contributed by atoms with Crippen LogP contribution in [0.5, 0.6) is 0 Å². The van der Waals surface area contributed by atoms with Gasteiger partial charge in [-0.1, -0.05) is 104 Å². The highest BCUT2D eigenvalue weighted by atomic mass is 35.6. The van der Waals surface area contributed by atoms with Gasteiger partial charge in [0.1, 0.15) is 18.5 Å². The Bertz CT molecular complexity index is 239. The van der Waals surface area contributed by atoms with Crippen LogP contribution >= 0.6 is 104 Å². The summed E-state index contributed by atoms with van der Waals surface area (Å²) in [4.78, 5) is 0. The van der Waals surface area contributed by atoms with E-state index in [0.717, 1.165) is 0 Å². The van der Waals surface area contributed by atoms with Crippen molar-refractivity contribution in [1.29, 1.82) is 0 Å². The summed E-state index contributed by atoms with van der Waals surface area (Å²) in [5.74, 6) is 0. The lowest BCUT2D eigenvalue weighted by Gasteiger charge is -2.45. The lowest BCUT2D eigenvalue weighted by molar-refractivity contribution is 0.203. The highest BCUT2D eigenvalue weighted by molar-refractivity contribution is 6.69. The fourth-order valence-electron chi connectivity index (χ4n) is 1.21. The SMILES string of the molecule is ClC(Cl)(Cl)C1NC(C(Cl)(Cl)Cl)NC(C(Cl)(Cl)Cl)N1. The average molecular weight is 439 g/mol. The van der Waals surface area contributed by atoms with Crippen molar-refractivity contribution in [3.05, 3.63) is 0 Å². The van der Waals surface area contributed by atoms with Crippen molar-refractivity contribution in [3.63, 3.8) is 0 Å². The third-order valence-corrected chi connectivity index (χ3v) is 3.95. The van der Waals surface area contributed by atoms with Gasteiger partial charge < -0.3 is 0 Å². The first-order chi connectivity index (χ1) is 7.82. The number of rotatable bonds is 0. The van der Waals surface area contributed by atoms with Crippen molar-refractivity contribution >= 4 is 104 Å². The van der Waals surface area contributed by atoms with Crippen LogP contribution in [0.25, 0.3) is 0 Å². The quantitative estimate of drug-likeness (QED) is 0.502. The van der Waals surface area contributed by atoms with E-state index in [9.17, 15) is 0 Å². The zero-order chi connectivity index (χ0) is 14.4. The maximum absolute atomic E-state index is 5.76. The summed E-state index contributed by atoms with van der Waals surface area (Å²) in [5, 5.41) is 8.24. The molecule has 0 amide bonds. The van der Waals surface area contributed by atoms with Gasteiger partial charge in [-0.05, 0) is 0 Å². The maximum atomic E-state index is 5.76. The van der Waals surface area contributed by atoms with Gasteiger partial charge in [-0.15, -0.1) is 0 Å². The highest BCUT2D eigenvalue weighted by Crippen LogP contribution is 2.38. The number of hydrogen-bond acceptors (Lipinski definition) is 3. The van der Waals surface area contributed by atoms with E-state index in [0.29, 0.717) is 0 Å². The van der Waals surface area contributed by atoms with E-state index in [4.69, 9.17) is 104 Å². The van der Waals surface area contributed by atoms with E-state index in [1.165, 1.54) is 0 Å². The Labute approximate surface area is 149 Å². The van der Waals surface area contributed by atoms with Gasteiger partial charge in [-0.2, -0.15) is 0 Å². The number of alkyl halides is 9. The van der Waals surface area contributed by atoms with Crippen LogP contribution in [0.2, 0.25) is 0 Å². The summed E-state index contributed by atoms with van der Waals surface area (Å²) in [7, 11) is 0. The lowest BCUT2D eigenvalue weighted by atomic mass is 10.3.